The van der Waals surface area contributed by atoms with Crippen LogP contribution in [0.4, 0.5) is 0 Å². The quantitative estimate of drug-likeness (QED) is 0.0222. The van der Waals surface area contributed by atoms with Crippen molar-refractivity contribution in [2.24, 2.45) is 17.8 Å². The fourth-order valence-electron chi connectivity index (χ4n) is 13.7. The number of carbonyl (C=O) groups is 4. The summed E-state index contributed by atoms with van der Waals surface area (Å²) in [5.41, 5.74) is 0. The summed E-state index contributed by atoms with van der Waals surface area (Å²) in [5, 5.41) is 10.7. The number of esters is 4. The lowest BCUT2D eigenvalue weighted by Crippen LogP contribution is -2.30. The van der Waals surface area contributed by atoms with Crippen molar-refractivity contribution in [2.45, 2.75) is 484 Å². The molecule has 0 radical (unpaired) electrons. The first-order valence-corrected chi connectivity index (χ1v) is 48.4. The van der Waals surface area contributed by atoms with Crippen molar-refractivity contribution < 1.29 is 80.2 Å². The molecule has 0 aromatic carbocycles. The highest BCUT2D eigenvalue weighted by Crippen LogP contribution is 2.45. The second kappa shape index (κ2) is 78.0. The number of carbonyl (C=O) groups excluding carboxylic acids is 4. The van der Waals surface area contributed by atoms with E-state index in [1.54, 1.807) is 0 Å². The zero-order valence-electron chi connectivity index (χ0n) is 70.6. The fourth-order valence-corrected chi connectivity index (χ4v) is 15.3. The maximum atomic E-state index is 13.2. The van der Waals surface area contributed by atoms with E-state index in [4.69, 9.17) is 37.0 Å². The van der Waals surface area contributed by atoms with Crippen LogP contribution in [0, 0.1) is 17.8 Å². The molecule has 0 rings (SSSR count). The van der Waals surface area contributed by atoms with Crippen molar-refractivity contribution in [1.29, 1.82) is 0 Å². The minimum Gasteiger partial charge on any atom is -0.462 e. The molecular formula is C88H172O17P2. The van der Waals surface area contributed by atoms with Crippen LogP contribution in [0.3, 0.4) is 0 Å². The fraction of sp³-hybridized carbons (Fsp3) is 0.955. The van der Waals surface area contributed by atoms with Crippen molar-refractivity contribution in [3.8, 4) is 0 Å². The molecule has 0 aromatic rings. The molecule has 0 aliphatic carbocycles. The third-order valence-corrected chi connectivity index (χ3v) is 22.9. The second-order valence-electron chi connectivity index (χ2n) is 32.8. The van der Waals surface area contributed by atoms with Gasteiger partial charge in [-0.2, -0.15) is 0 Å². The zero-order chi connectivity index (χ0) is 78.6. The van der Waals surface area contributed by atoms with Gasteiger partial charge in [-0.1, -0.05) is 414 Å². The van der Waals surface area contributed by atoms with Crippen LogP contribution in [0.25, 0.3) is 0 Å². The van der Waals surface area contributed by atoms with Crippen LogP contribution in [0.2, 0.25) is 0 Å². The van der Waals surface area contributed by atoms with Crippen molar-refractivity contribution >= 4 is 39.5 Å². The number of hydrogen-bond donors (Lipinski definition) is 3. The molecule has 6 atom stereocenters. The van der Waals surface area contributed by atoms with Crippen molar-refractivity contribution in [2.75, 3.05) is 39.6 Å². The molecule has 636 valence electrons. The predicted octanol–water partition coefficient (Wildman–Crippen LogP) is 26.9. The van der Waals surface area contributed by atoms with E-state index in [1.165, 1.54) is 276 Å². The van der Waals surface area contributed by atoms with Gasteiger partial charge in [0.2, 0.25) is 0 Å². The lowest BCUT2D eigenvalue weighted by molar-refractivity contribution is -0.161. The molecule has 107 heavy (non-hydrogen) atoms. The summed E-state index contributed by atoms with van der Waals surface area (Å²) in [6.07, 6.45) is 69.4. The number of ether oxygens (including phenoxy) is 4. The molecule has 0 aromatic heterocycles. The number of phosphoric ester groups is 2. The summed E-state index contributed by atoms with van der Waals surface area (Å²) < 4.78 is 68.9. The molecule has 0 aliphatic heterocycles. The minimum atomic E-state index is -4.97. The summed E-state index contributed by atoms with van der Waals surface area (Å²) >= 11 is 0. The van der Waals surface area contributed by atoms with E-state index in [-0.39, 0.29) is 25.7 Å². The first-order chi connectivity index (χ1) is 51.8. The molecule has 0 bridgehead atoms. The Kier molecular flexibility index (Phi) is 76.6. The van der Waals surface area contributed by atoms with E-state index in [2.05, 4.69) is 48.5 Å². The molecule has 3 N–H and O–H groups in total. The van der Waals surface area contributed by atoms with Gasteiger partial charge >= 0.3 is 39.5 Å². The van der Waals surface area contributed by atoms with Crippen LogP contribution in [0.15, 0.2) is 0 Å². The normalized spacial score (nSPS) is 14.1. The van der Waals surface area contributed by atoms with Gasteiger partial charge in [-0.15, -0.1) is 0 Å². The Morgan fingerprint density at radius 3 is 0.710 bits per heavy atom. The highest BCUT2D eigenvalue weighted by atomic mass is 31.2. The summed E-state index contributed by atoms with van der Waals surface area (Å²) in [6.45, 7) is 12.1. The largest absolute Gasteiger partial charge is 0.472 e. The molecule has 17 nitrogen and oxygen atoms in total. The van der Waals surface area contributed by atoms with Crippen LogP contribution in [0.5, 0.6) is 0 Å². The number of phosphoric acid groups is 2. The summed E-state index contributed by atoms with van der Waals surface area (Å²) in [6, 6.07) is 0. The topological polar surface area (TPSA) is 237 Å². The van der Waals surface area contributed by atoms with Crippen LogP contribution in [0.1, 0.15) is 466 Å². The van der Waals surface area contributed by atoms with Crippen LogP contribution in [-0.4, -0.2) is 96.7 Å². The van der Waals surface area contributed by atoms with E-state index in [1.807, 2.05) is 0 Å². The number of unbranched alkanes of at least 4 members (excludes halogenated alkanes) is 53. The Hall–Kier alpha value is -1.94. The molecule has 19 heteroatoms. The Balaban J connectivity index is 5.20. The molecule has 0 spiro atoms. The summed E-state index contributed by atoms with van der Waals surface area (Å²) in [7, 11) is -9.93. The number of aliphatic hydroxyl groups excluding tert-OH is 1. The molecule has 0 amide bonds. The molecule has 0 saturated heterocycles. The number of hydrogen-bond acceptors (Lipinski definition) is 15. The molecule has 0 heterocycles. The van der Waals surface area contributed by atoms with Crippen LogP contribution >= 0.6 is 15.6 Å². The summed E-state index contributed by atoms with van der Waals surface area (Å²) in [4.78, 5) is 73.2. The maximum absolute atomic E-state index is 13.2. The number of aliphatic hydroxyl groups is 1. The Bertz CT molecular complexity index is 2060. The molecule has 0 aliphatic rings. The first-order valence-electron chi connectivity index (χ1n) is 45.4. The van der Waals surface area contributed by atoms with Gasteiger partial charge in [-0.05, 0) is 43.4 Å². The average Bonchev–Trinajstić information content (AvgIpc) is 0.904. The van der Waals surface area contributed by atoms with Crippen molar-refractivity contribution in [3.63, 3.8) is 0 Å². The van der Waals surface area contributed by atoms with Crippen LogP contribution in [-0.2, 0) is 65.4 Å². The molecule has 0 fully saturated rings. The SMILES string of the molecule is CCCCCCCCCCCC(=O)OC[C@H](COP(=O)(O)OC[C@H](O)COP(=O)(O)OC[C@@H](COC(=O)CCCCCCCCCCCCCCCCCC(C)C)OC(=O)CCCCCCCCCCCCCCCCCCCCC(C)CC)OC(=O)CCCCCCCCCCCCCCCCCC(C)C. The van der Waals surface area contributed by atoms with Gasteiger partial charge < -0.3 is 33.8 Å². The smallest absolute Gasteiger partial charge is 0.462 e. The van der Waals surface area contributed by atoms with Crippen LogP contribution < -0.4 is 0 Å². The lowest BCUT2D eigenvalue weighted by atomic mass is 9.99. The highest BCUT2D eigenvalue weighted by molar-refractivity contribution is 7.47. The maximum Gasteiger partial charge on any atom is 0.472 e. The average molecular weight is 1560 g/mol. The van der Waals surface area contributed by atoms with Crippen molar-refractivity contribution in [1.82, 2.24) is 0 Å². The molecule has 3 unspecified atom stereocenters. The van der Waals surface area contributed by atoms with Gasteiger partial charge in [0, 0.05) is 25.7 Å². The van der Waals surface area contributed by atoms with E-state index >= 15 is 0 Å². The second-order valence-corrected chi connectivity index (χ2v) is 35.7. The van der Waals surface area contributed by atoms with E-state index in [0.29, 0.717) is 25.7 Å². The standard InChI is InChI=1S/C88H172O17P2/c1-8-10-11-12-13-38-48-55-62-69-85(90)98-75-83(104-87(92)72-65-58-51-44-37-31-25-19-21-27-33-40-46-53-60-67-80(5)6)77-102-106(94,95)100-73-82(89)74-101-107(96,97)103-78-84(76-99-86(91)70-63-56-49-42-35-29-24-18-20-26-32-39-45-52-59-66-79(3)4)105-88(93)71-64-57-50-43-36-30-23-17-15-14-16-22-28-34-41-47-54-61-68-81(7)9-2/h79-84,89H,8-78H2,1-7H3,(H,94,95)(H,96,97)/t81?,82-,83+,84+/m0/s1. The minimum absolute atomic E-state index is 0.108. The lowest BCUT2D eigenvalue weighted by Gasteiger charge is -2.21. The number of rotatable bonds is 86. The van der Waals surface area contributed by atoms with Gasteiger partial charge in [0.05, 0.1) is 26.4 Å². The van der Waals surface area contributed by atoms with Gasteiger partial charge in [-0.3, -0.25) is 37.3 Å². The summed E-state index contributed by atoms with van der Waals surface area (Å²) in [5.74, 6) is 0.377. The third kappa shape index (κ3) is 80.5. The van der Waals surface area contributed by atoms with E-state index < -0.39 is 97.5 Å². The first kappa shape index (κ1) is 105. The highest BCUT2D eigenvalue weighted by Gasteiger charge is 2.31. The van der Waals surface area contributed by atoms with Gasteiger partial charge in [0.25, 0.3) is 0 Å². The van der Waals surface area contributed by atoms with E-state index in [9.17, 15) is 43.2 Å². The monoisotopic (exact) mass is 1560 g/mol. The van der Waals surface area contributed by atoms with E-state index in [0.717, 1.165) is 108 Å². The zero-order valence-corrected chi connectivity index (χ0v) is 72.4. The molecular weight excluding hydrogens is 1390 g/mol. The van der Waals surface area contributed by atoms with Gasteiger partial charge in [0.15, 0.2) is 12.2 Å². The molecule has 0 saturated carbocycles. The van der Waals surface area contributed by atoms with Gasteiger partial charge in [0.1, 0.15) is 19.3 Å². The Morgan fingerprint density at radius 1 is 0.271 bits per heavy atom. The Labute approximate surface area is 658 Å². The third-order valence-electron chi connectivity index (χ3n) is 21.0. The predicted molar refractivity (Wildman–Crippen MR) is 441 cm³/mol. The van der Waals surface area contributed by atoms with Gasteiger partial charge in [-0.25, -0.2) is 9.13 Å². The Morgan fingerprint density at radius 2 is 0.477 bits per heavy atom. The van der Waals surface area contributed by atoms with Crippen molar-refractivity contribution in [3.05, 3.63) is 0 Å².